The fraction of sp³-hybridized carbons (Fsp3) is 0.185. The lowest BCUT2D eigenvalue weighted by Gasteiger charge is -2.31. The zero-order chi connectivity index (χ0) is 23.7. The number of hydrogen-bond acceptors (Lipinski definition) is 5. The van der Waals surface area contributed by atoms with Crippen LogP contribution in [0.15, 0.2) is 84.1 Å². The second-order valence-electron chi connectivity index (χ2n) is 8.02. The van der Waals surface area contributed by atoms with Crippen LogP contribution in [0.2, 0.25) is 0 Å². The van der Waals surface area contributed by atoms with E-state index in [1.165, 1.54) is 0 Å². The molecule has 7 nitrogen and oxygen atoms in total. The molecule has 2 N–H and O–H groups in total. The molecule has 172 valence electrons. The monoisotopic (exact) mass is 454 g/mol. The number of ether oxygens (including phenoxy) is 2. The summed E-state index contributed by atoms with van der Waals surface area (Å²) in [7, 11) is 1.59. The first-order chi connectivity index (χ1) is 16.6. The first-order valence-electron chi connectivity index (χ1n) is 11.2. The molecule has 4 aromatic rings. The van der Waals surface area contributed by atoms with E-state index in [2.05, 4.69) is 15.2 Å². The van der Waals surface area contributed by atoms with Crippen LogP contribution in [0, 0.1) is 0 Å². The van der Waals surface area contributed by atoms with Crippen LogP contribution in [-0.4, -0.2) is 29.2 Å². The van der Waals surface area contributed by atoms with Gasteiger partial charge in [-0.15, -0.1) is 0 Å². The summed E-state index contributed by atoms with van der Waals surface area (Å²) in [5.74, 6) is 1.88. The SMILES string of the molecule is CCOc1ccc(C2C(C(=O)Nc3ccccc3OC)=C(C)Nc3nc4ccccc4n32)cc1. The molecule has 1 amide bonds. The molecule has 0 saturated carbocycles. The summed E-state index contributed by atoms with van der Waals surface area (Å²) >= 11 is 0. The Labute approximate surface area is 198 Å². The Balaban J connectivity index is 1.63. The molecule has 1 aliphatic rings. The van der Waals surface area contributed by atoms with Crippen LogP contribution in [-0.2, 0) is 4.79 Å². The third-order valence-corrected chi connectivity index (χ3v) is 5.94. The number of fused-ring (bicyclic) bond motifs is 3. The Hall–Kier alpha value is -4.26. The molecule has 1 atom stereocenters. The molecule has 34 heavy (non-hydrogen) atoms. The lowest BCUT2D eigenvalue weighted by molar-refractivity contribution is -0.113. The van der Waals surface area contributed by atoms with Gasteiger partial charge in [0.2, 0.25) is 5.95 Å². The summed E-state index contributed by atoms with van der Waals surface area (Å²) in [6, 6.07) is 22.8. The Bertz CT molecular complexity index is 1390. The van der Waals surface area contributed by atoms with Gasteiger partial charge in [0.15, 0.2) is 0 Å². The van der Waals surface area contributed by atoms with Crippen LogP contribution in [0.4, 0.5) is 11.6 Å². The number of hydrogen-bond donors (Lipinski definition) is 2. The number of benzene rings is 3. The van der Waals surface area contributed by atoms with Crippen LogP contribution >= 0.6 is 0 Å². The standard InChI is InChI=1S/C27H26N4O3/c1-4-34-19-15-13-18(14-16-19)25-24(26(32)29-21-10-6-8-12-23(21)33-3)17(2)28-27-30-20-9-5-7-11-22(20)31(25)27/h5-16,25H,4H2,1-3H3,(H,28,30)(H,29,32). The maximum Gasteiger partial charge on any atom is 0.255 e. The van der Waals surface area contributed by atoms with Gasteiger partial charge in [0, 0.05) is 5.70 Å². The molecule has 3 aromatic carbocycles. The predicted molar refractivity (Wildman–Crippen MR) is 133 cm³/mol. The highest BCUT2D eigenvalue weighted by molar-refractivity contribution is 6.07. The molecule has 5 rings (SSSR count). The van der Waals surface area contributed by atoms with Crippen molar-refractivity contribution in [3.05, 3.63) is 89.6 Å². The number of imidazole rings is 1. The molecule has 0 fully saturated rings. The van der Waals surface area contributed by atoms with Crippen LogP contribution in [0.25, 0.3) is 11.0 Å². The molecule has 1 unspecified atom stereocenters. The fourth-order valence-corrected chi connectivity index (χ4v) is 4.42. The van der Waals surface area contributed by atoms with Gasteiger partial charge in [0.1, 0.15) is 11.5 Å². The number of carbonyl (C=O) groups is 1. The van der Waals surface area contributed by atoms with Crippen molar-refractivity contribution < 1.29 is 14.3 Å². The summed E-state index contributed by atoms with van der Waals surface area (Å²) in [4.78, 5) is 18.5. The van der Waals surface area contributed by atoms with Gasteiger partial charge in [-0.3, -0.25) is 9.36 Å². The normalized spacial score (nSPS) is 15.0. The van der Waals surface area contributed by atoms with Gasteiger partial charge in [-0.25, -0.2) is 4.98 Å². The highest BCUT2D eigenvalue weighted by atomic mass is 16.5. The van der Waals surface area contributed by atoms with Gasteiger partial charge in [0.25, 0.3) is 5.91 Å². The smallest absolute Gasteiger partial charge is 0.255 e. The molecule has 1 aliphatic heterocycles. The van der Waals surface area contributed by atoms with Gasteiger partial charge < -0.3 is 20.1 Å². The first-order valence-corrected chi connectivity index (χ1v) is 11.2. The predicted octanol–water partition coefficient (Wildman–Crippen LogP) is 5.37. The number of amides is 1. The van der Waals surface area contributed by atoms with Crippen molar-refractivity contribution in [2.24, 2.45) is 0 Å². The number of methoxy groups -OCH3 is 1. The number of allylic oxidation sites excluding steroid dienone is 1. The second kappa shape index (κ2) is 8.94. The van der Waals surface area contributed by atoms with Crippen molar-refractivity contribution in [1.29, 1.82) is 0 Å². The summed E-state index contributed by atoms with van der Waals surface area (Å²) in [5.41, 5.74) is 4.72. The largest absolute Gasteiger partial charge is 0.495 e. The van der Waals surface area contributed by atoms with Crippen molar-refractivity contribution in [3.8, 4) is 11.5 Å². The lowest BCUT2D eigenvalue weighted by atomic mass is 9.94. The minimum Gasteiger partial charge on any atom is -0.495 e. The van der Waals surface area contributed by atoms with Gasteiger partial charge in [-0.1, -0.05) is 36.4 Å². The zero-order valence-corrected chi connectivity index (χ0v) is 19.3. The second-order valence-corrected chi connectivity index (χ2v) is 8.02. The van der Waals surface area contributed by atoms with Crippen LogP contribution in [0.3, 0.4) is 0 Å². The number of anilines is 2. The molecule has 0 saturated heterocycles. The van der Waals surface area contributed by atoms with Gasteiger partial charge in [-0.2, -0.15) is 0 Å². The summed E-state index contributed by atoms with van der Waals surface area (Å²) in [6.45, 7) is 4.45. The summed E-state index contributed by atoms with van der Waals surface area (Å²) in [5, 5.41) is 6.38. The van der Waals surface area contributed by atoms with Crippen molar-refractivity contribution in [2.75, 3.05) is 24.4 Å². The van der Waals surface area contributed by atoms with Crippen LogP contribution in [0.1, 0.15) is 25.5 Å². The molecule has 0 spiro atoms. The van der Waals surface area contributed by atoms with Crippen LogP contribution in [0.5, 0.6) is 11.5 Å². The quantitative estimate of drug-likeness (QED) is 0.410. The molecular weight excluding hydrogens is 428 g/mol. The van der Waals surface area contributed by atoms with Gasteiger partial charge in [0.05, 0.1) is 42.1 Å². The Kier molecular flexibility index (Phi) is 5.67. The minimum atomic E-state index is -0.381. The molecular formula is C27H26N4O3. The molecule has 2 heterocycles. The van der Waals surface area contributed by atoms with E-state index < -0.39 is 0 Å². The van der Waals surface area contributed by atoms with E-state index in [4.69, 9.17) is 14.5 Å². The number of nitrogens with zero attached hydrogens (tertiary/aromatic N) is 2. The topological polar surface area (TPSA) is 77.4 Å². The van der Waals surface area contributed by atoms with E-state index in [1.807, 2.05) is 86.6 Å². The molecule has 0 radical (unpaired) electrons. The third kappa shape index (κ3) is 3.75. The molecule has 0 bridgehead atoms. The Morgan fingerprint density at radius 1 is 1.06 bits per heavy atom. The van der Waals surface area contributed by atoms with Crippen LogP contribution < -0.4 is 20.1 Å². The zero-order valence-electron chi connectivity index (χ0n) is 19.3. The van der Waals surface area contributed by atoms with Crippen molar-refractivity contribution in [1.82, 2.24) is 9.55 Å². The molecule has 7 heteroatoms. The van der Waals surface area contributed by atoms with E-state index in [0.29, 0.717) is 29.6 Å². The van der Waals surface area contributed by atoms with E-state index in [0.717, 1.165) is 28.0 Å². The number of para-hydroxylation sites is 4. The van der Waals surface area contributed by atoms with Crippen molar-refractivity contribution in [3.63, 3.8) is 0 Å². The third-order valence-electron chi connectivity index (χ3n) is 5.94. The average Bonchev–Trinajstić information content (AvgIpc) is 3.22. The lowest BCUT2D eigenvalue weighted by Crippen LogP contribution is -2.31. The van der Waals surface area contributed by atoms with E-state index in [-0.39, 0.29) is 11.9 Å². The molecule has 0 aliphatic carbocycles. The summed E-state index contributed by atoms with van der Waals surface area (Å²) < 4.78 is 13.1. The fourth-order valence-electron chi connectivity index (χ4n) is 4.42. The number of nitrogens with one attached hydrogen (secondary N) is 2. The van der Waals surface area contributed by atoms with Gasteiger partial charge in [-0.05, 0) is 55.8 Å². The van der Waals surface area contributed by atoms with Crippen molar-refractivity contribution >= 4 is 28.6 Å². The molecule has 1 aromatic heterocycles. The highest BCUT2D eigenvalue weighted by Crippen LogP contribution is 2.40. The minimum absolute atomic E-state index is 0.211. The highest BCUT2D eigenvalue weighted by Gasteiger charge is 2.34. The summed E-state index contributed by atoms with van der Waals surface area (Å²) in [6.07, 6.45) is 0. The number of aromatic nitrogens is 2. The maximum atomic E-state index is 13.7. The van der Waals surface area contributed by atoms with Gasteiger partial charge >= 0.3 is 0 Å². The maximum absolute atomic E-state index is 13.7. The van der Waals surface area contributed by atoms with E-state index in [1.54, 1.807) is 7.11 Å². The Morgan fingerprint density at radius 2 is 1.79 bits per heavy atom. The number of rotatable bonds is 6. The first kappa shape index (κ1) is 21.6. The van der Waals surface area contributed by atoms with E-state index >= 15 is 0 Å². The Morgan fingerprint density at radius 3 is 2.56 bits per heavy atom. The van der Waals surface area contributed by atoms with Crippen molar-refractivity contribution in [2.45, 2.75) is 19.9 Å². The average molecular weight is 455 g/mol. The van der Waals surface area contributed by atoms with E-state index in [9.17, 15) is 4.79 Å². The number of carbonyl (C=O) groups excluding carboxylic acids is 1.